The lowest BCUT2D eigenvalue weighted by Gasteiger charge is -2.34. The lowest BCUT2D eigenvalue weighted by Crippen LogP contribution is -2.56. The van der Waals surface area contributed by atoms with Gasteiger partial charge in [-0.25, -0.2) is 5.01 Å². The van der Waals surface area contributed by atoms with Crippen LogP contribution in [-0.4, -0.2) is 39.6 Å². The van der Waals surface area contributed by atoms with Crippen molar-refractivity contribution < 1.29 is 19.2 Å². The highest BCUT2D eigenvalue weighted by Crippen LogP contribution is 2.25. The molecule has 0 aromatic heterocycles. The average Bonchev–Trinajstić information content (AvgIpc) is 3.01. The molecule has 138 valence electrons. The molecule has 2 aromatic rings. The summed E-state index contributed by atoms with van der Waals surface area (Å²) in [5, 5.41) is 1.87. The van der Waals surface area contributed by atoms with E-state index in [4.69, 9.17) is 11.6 Å². The number of ketones is 1. The molecule has 0 unspecified atom stereocenters. The molecule has 7 heteroatoms. The highest BCUT2D eigenvalue weighted by molar-refractivity contribution is 6.34. The van der Waals surface area contributed by atoms with Crippen molar-refractivity contribution in [2.75, 3.05) is 0 Å². The third-order valence-electron chi connectivity index (χ3n) is 4.36. The zero-order chi connectivity index (χ0) is 19.6. The zero-order valence-corrected chi connectivity index (χ0v) is 15.3. The molecule has 0 aliphatic carbocycles. The minimum Gasteiger partial charge on any atom is -0.292 e. The van der Waals surface area contributed by atoms with Gasteiger partial charge in [0.15, 0.2) is 5.78 Å². The van der Waals surface area contributed by atoms with E-state index in [-0.39, 0.29) is 29.2 Å². The van der Waals surface area contributed by atoms with Crippen LogP contribution in [0, 0.1) is 0 Å². The fourth-order valence-electron chi connectivity index (χ4n) is 2.96. The number of halogens is 1. The molecule has 1 aliphatic rings. The molecule has 0 radical (unpaired) electrons. The number of hydrazine groups is 1. The van der Waals surface area contributed by atoms with Crippen molar-refractivity contribution in [1.82, 2.24) is 10.0 Å². The molecule has 1 heterocycles. The van der Waals surface area contributed by atoms with Crippen molar-refractivity contribution in [2.45, 2.75) is 25.8 Å². The van der Waals surface area contributed by atoms with E-state index in [2.05, 4.69) is 0 Å². The minimum atomic E-state index is -1.07. The molecule has 1 atom stereocenters. The minimum absolute atomic E-state index is 0.00260. The summed E-state index contributed by atoms with van der Waals surface area (Å²) < 4.78 is 0. The van der Waals surface area contributed by atoms with Gasteiger partial charge in [-0.1, -0.05) is 54.1 Å². The fraction of sp³-hybridized carbons (Fsp3) is 0.200. The normalized spacial score (nSPS) is 15.0. The summed E-state index contributed by atoms with van der Waals surface area (Å²) in [4.78, 5) is 50.6. The number of carbonyl (C=O) groups excluding carboxylic acids is 4. The Bertz CT molecular complexity index is 897. The molecular formula is C20H17ClN2O4. The maximum Gasteiger partial charge on any atom is 0.275 e. The van der Waals surface area contributed by atoms with Gasteiger partial charge in [-0.2, -0.15) is 5.01 Å². The second kappa shape index (κ2) is 7.72. The Morgan fingerprint density at radius 3 is 2.11 bits per heavy atom. The molecule has 0 bridgehead atoms. The van der Waals surface area contributed by atoms with Crippen molar-refractivity contribution in [3.8, 4) is 0 Å². The van der Waals surface area contributed by atoms with Crippen LogP contribution in [-0.2, 0) is 9.59 Å². The average molecular weight is 385 g/mol. The maximum absolute atomic E-state index is 13.2. The predicted molar refractivity (Wildman–Crippen MR) is 98.9 cm³/mol. The molecule has 1 fully saturated rings. The van der Waals surface area contributed by atoms with Crippen LogP contribution in [0.5, 0.6) is 0 Å². The number of rotatable bonds is 5. The first-order valence-corrected chi connectivity index (χ1v) is 8.82. The Morgan fingerprint density at radius 1 is 0.963 bits per heavy atom. The summed E-state index contributed by atoms with van der Waals surface area (Å²) in [6, 6.07) is 13.6. The van der Waals surface area contributed by atoms with Gasteiger partial charge in [0, 0.05) is 18.4 Å². The molecule has 3 rings (SSSR count). The van der Waals surface area contributed by atoms with Crippen molar-refractivity contribution in [3.05, 3.63) is 70.7 Å². The van der Waals surface area contributed by atoms with Crippen LogP contribution in [0.15, 0.2) is 54.6 Å². The summed E-state index contributed by atoms with van der Waals surface area (Å²) in [7, 11) is 0. The number of nitrogens with zero attached hydrogens (tertiary/aromatic N) is 2. The highest BCUT2D eigenvalue weighted by atomic mass is 35.5. The molecule has 1 aliphatic heterocycles. The van der Waals surface area contributed by atoms with Crippen LogP contribution in [0.25, 0.3) is 0 Å². The van der Waals surface area contributed by atoms with Crippen molar-refractivity contribution in [1.29, 1.82) is 0 Å². The van der Waals surface area contributed by atoms with Crippen molar-refractivity contribution in [3.63, 3.8) is 0 Å². The van der Waals surface area contributed by atoms with E-state index in [9.17, 15) is 19.2 Å². The first-order chi connectivity index (χ1) is 12.9. The molecule has 0 saturated carbocycles. The van der Waals surface area contributed by atoms with E-state index >= 15 is 0 Å². The Balaban J connectivity index is 2.04. The third-order valence-corrected chi connectivity index (χ3v) is 4.69. The van der Waals surface area contributed by atoms with E-state index in [0.29, 0.717) is 5.56 Å². The summed E-state index contributed by atoms with van der Waals surface area (Å²) in [6.45, 7) is 1.49. The van der Waals surface area contributed by atoms with Crippen LogP contribution in [0.4, 0.5) is 0 Å². The SMILES string of the molecule is C[C@H](C(=O)c1ccccc1)N(C(=O)c1ccccc1Cl)N1C(=O)CCC1=O. The summed E-state index contributed by atoms with van der Waals surface area (Å²) in [6.07, 6.45) is -0.00519. The van der Waals surface area contributed by atoms with Gasteiger partial charge in [-0.15, -0.1) is 0 Å². The second-order valence-electron chi connectivity index (χ2n) is 6.14. The molecule has 2 aromatic carbocycles. The smallest absolute Gasteiger partial charge is 0.275 e. The molecule has 3 amide bonds. The van der Waals surface area contributed by atoms with Gasteiger partial charge in [0.25, 0.3) is 5.91 Å². The fourth-order valence-corrected chi connectivity index (χ4v) is 3.17. The number of hydrogen-bond acceptors (Lipinski definition) is 4. The van der Waals surface area contributed by atoms with E-state index in [0.717, 1.165) is 10.0 Å². The first-order valence-electron chi connectivity index (χ1n) is 8.45. The number of imide groups is 1. The Hall–Kier alpha value is -2.99. The highest BCUT2D eigenvalue weighted by Gasteiger charge is 2.42. The van der Waals surface area contributed by atoms with Gasteiger partial charge < -0.3 is 0 Å². The van der Waals surface area contributed by atoms with E-state index in [1.54, 1.807) is 42.5 Å². The number of amides is 3. The molecule has 27 heavy (non-hydrogen) atoms. The van der Waals surface area contributed by atoms with Crippen LogP contribution in [0.3, 0.4) is 0 Å². The summed E-state index contributed by atoms with van der Waals surface area (Å²) in [5.74, 6) is -2.11. The van der Waals surface area contributed by atoms with E-state index < -0.39 is 23.8 Å². The zero-order valence-electron chi connectivity index (χ0n) is 14.6. The van der Waals surface area contributed by atoms with Gasteiger partial charge in [0.2, 0.25) is 11.8 Å². The van der Waals surface area contributed by atoms with Gasteiger partial charge >= 0.3 is 0 Å². The topological polar surface area (TPSA) is 74.8 Å². The molecular weight excluding hydrogens is 368 g/mol. The van der Waals surface area contributed by atoms with Crippen molar-refractivity contribution >= 4 is 35.1 Å². The number of hydrogen-bond donors (Lipinski definition) is 0. The van der Waals surface area contributed by atoms with Crippen molar-refractivity contribution in [2.24, 2.45) is 0 Å². The van der Waals surface area contributed by atoms with Gasteiger partial charge in [-0.05, 0) is 19.1 Å². The third kappa shape index (κ3) is 3.61. The molecule has 1 saturated heterocycles. The second-order valence-corrected chi connectivity index (χ2v) is 6.54. The van der Waals surface area contributed by atoms with Crippen LogP contribution in [0.1, 0.15) is 40.5 Å². The predicted octanol–water partition coefficient (Wildman–Crippen LogP) is 3.12. The molecule has 0 N–H and O–H groups in total. The molecule has 6 nitrogen and oxygen atoms in total. The largest absolute Gasteiger partial charge is 0.292 e. The Labute approximate surface area is 161 Å². The number of carbonyl (C=O) groups is 4. The standard InChI is InChI=1S/C20H17ClN2O4/c1-13(19(26)14-7-3-2-4-8-14)22(23-17(24)11-12-18(23)25)20(27)15-9-5-6-10-16(15)21/h2-10,13H,11-12H2,1H3/t13-/m1/s1. The summed E-state index contributed by atoms with van der Waals surface area (Å²) in [5.41, 5.74) is 0.487. The van der Waals surface area contributed by atoms with Crippen LogP contribution >= 0.6 is 11.6 Å². The maximum atomic E-state index is 13.2. The van der Waals surface area contributed by atoms with Gasteiger partial charge in [0.1, 0.15) is 6.04 Å². The quantitative estimate of drug-likeness (QED) is 0.586. The molecule has 0 spiro atoms. The lowest BCUT2D eigenvalue weighted by atomic mass is 10.0. The van der Waals surface area contributed by atoms with E-state index in [1.807, 2.05) is 0 Å². The van der Waals surface area contributed by atoms with Gasteiger partial charge in [0.05, 0.1) is 10.6 Å². The monoisotopic (exact) mass is 384 g/mol. The van der Waals surface area contributed by atoms with E-state index in [1.165, 1.54) is 19.1 Å². The van der Waals surface area contributed by atoms with Gasteiger partial charge in [-0.3, -0.25) is 19.2 Å². The first kappa shape index (κ1) is 18.8. The Kier molecular flexibility index (Phi) is 5.37. The van der Waals surface area contributed by atoms with Crippen LogP contribution < -0.4 is 0 Å². The Morgan fingerprint density at radius 2 is 1.52 bits per heavy atom. The summed E-state index contributed by atoms with van der Waals surface area (Å²) >= 11 is 6.12. The lowest BCUT2D eigenvalue weighted by molar-refractivity contribution is -0.154. The number of benzene rings is 2. The van der Waals surface area contributed by atoms with Crippen LogP contribution in [0.2, 0.25) is 5.02 Å². The number of Topliss-reactive ketones (excluding diaryl/α,β-unsaturated/α-hetero) is 1.